The normalized spacial score (nSPS) is 9.81. The second-order valence-corrected chi connectivity index (χ2v) is 3.51. The lowest BCUT2D eigenvalue weighted by molar-refractivity contribution is 0.226. The average Bonchev–Trinajstić information content (AvgIpc) is 2.30. The van der Waals surface area contributed by atoms with Gasteiger partial charge in [0.15, 0.2) is 0 Å². The largest absolute Gasteiger partial charge is 0.414 e. The predicted octanol–water partition coefficient (Wildman–Crippen LogP) is 4.09. The Morgan fingerprint density at radius 2 is 1.56 bits per heavy atom. The van der Waals surface area contributed by atoms with E-state index in [-0.39, 0.29) is 0 Å². The van der Waals surface area contributed by atoms with Gasteiger partial charge in [-0.1, -0.05) is 48.5 Å². The van der Waals surface area contributed by atoms with Gasteiger partial charge in [-0.2, -0.15) is 0 Å². The summed E-state index contributed by atoms with van der Waals surface area (Å²) in [5, 5.41) is 0. The molecule has 0 aromatic heterocycles. The molecule has 2 aromatic rings. The van der Waals surface area contributed by atoms with E-state index >= 15 is 0 Å². The highest BCUT2D eigenvalue weighted by Crippen LogP contribution is 2.29. The molecule has 3 heteroatoms. The lowest BCUT2D eigenvalue weighted by Crippen LogP contribution is -1.97. The quantitative estimate of drug-likeness (QED) is 0.729. The minimum Gasteiger partial charge on any atom is -0.414 e. The maximum atomic E-state index is 10.7. The van der Waals surface area contributed by atoms with Crippen molar-refractivity contribution in [3.05, 3.63) is 54.6 Å². The number of hydrogen-bond donors (Lipinski definition) is 0. The third kappa shape index (κ3) is 2.41. The summed E-state index contributed by atoms with van der Waals surface area (Å²) in [6.07, 6.45) is 0. The zero-order chi connectivity index (χ0) is 11.4. The molecule has 0 fully saturated rings. The molecule has 2 aromatic carbocycles. The number of carbonyl (C=O) groups is 1. The van der Waals surface area contributed by atoms with Crippen LogP contribution in [0.4, 0.5) is 4.79 Å². The standard InChI is InChI=1S/C13H9ClO2/c14-13(15)16-12-9-5-4-8-11(12)10-6-2-1-3-7-10/h1-9H. The number of benzene rings is 2. The second kappa shape index (κ2) is 4.81. The van der Waals surface area contributed by atoms with Crippen molar-refractivity contribution in [2.24, 2.45) is 0 Å². The van der Waals surface area contributed by atoms with Crippen LogP contribution in [0.25, 0.3) is 11.1 Å². The van der Waals surface area contributed by atoms with Crippen molar-refractivity contribution in [1.82, 2.24) is 0 Å². The Bertz CT molecular complexity index is 494. The fourth-order valence-corrected chi connectivity index (χ4v) is 1.58. The third-order valence-corrected chi connectivity index (χ3v) is 2.24. The SMILES string of the molecule is O=C(Cl)Oc1ccccc1-c1ccccc1. The third-order valence-electron chi connectivity index (χ3n) is 2.16. The van der Waals surface area contributed by atoms with E-state index in [1.807, 2.05) is 42.5 Å². The molecule has 0 amide bonds. The minimum absolute atomic E-state index is 0.466. The van der Waals surface area contributed by atoms with E-state index in [4.69, 9.17) is 16.3 Å². The van der Waals surface area contributed by atoms with Gasteiger partial charge in [0.2, 0.25) is 0 Å². The van der Waals surface area contributed by atoms with Crippen LogP contribution in [-0.4, -0.2) is 5.43 Å². The molecule has 0 saturated carbocycles. The van der Waals surface area contributed by atoms with Crippen LogP contribution in [0.2, 0.25) is 0 Å². The molecule has 0 unspecified atom stereocenters. The fraction of sp³-hybridized carbons (Fsp3) is 0. The van der Waals surface area contributed by atoms with Gasteiger partial charge >= 0.3 is 5.43 Å². The lowest BCUT2D eigenvalue weighted by atomic mass is 10.1. The summed E-state index contributed by atoms with van der Waals surface area (Å²) in [6.45, 7) is 0. The molecule has 0 N–H and O–H groups in total. The monoisotopic (exact) mass is 232 g/mol. The van der Waals surface area contributed by atoms with Crippen LogP contribution in [0.3, 0.4) is 0 Å². The van der Waals surface area contributed by atoms with Crippen molar-refractivity contribution < 1.29 is 9.53 Å². The fourth-order valence-electron chi connectivity index (χ4n) is 1.50. The Labute approximate surface area is 98.4 Å². The highest BCUT2D eigenvalue weighted by Gasteiger charge is 2.07. The van der Waals surface area contributed by atoms with Gasteiger partial charge in [-0.25, -0.2) is 4.79 Å². The molecule has 0 heterocycles. The molecule has 2 rings (SSSR count). The van der Waals surface area contributed by atoms with Gasteiger partial charge in [-0.05, 0) is 11.6 Å². The molecule has 0 bridgehead atoms. The summed E-state index contributed by atoms with van der Waals surface area (Å²) >= 11 is 5.21. The molecule has 80 valence electrons. The van der Waals surface area contributed by atoms with E-state index in [9.17, 15) is 4.79 Å². The minimum atomic E-state index is -0.830. The van der Waals surface area contributed by atoms with Crippen LogP contribution < -0.4 is 4.74 Å². The zero-order valence-corrected chi connectivity index (χ0v) is 9.15. The Morgan fingerprint density at radius 3 is 2.25 bits per heavy atom. The van der Waals surface area contributed by atoms with E-state index in [2.05, 4.69) is 0 Å². The van der Waals surface area contributed by atoms with Crippen LogP contribution in [0.1, 0.15) is 0 Å². The number of halogens is 1. The molecule has 0 saturated heterocycles. The molecule has 0 aliphatic rings. The van der Waals surface area contributed by atoms with Crippen molar-refractivity contribution >= 4 is 17.0 Å². The summed E-state index contributed by atoms with van der Waals surface area (Å²) in [7, 11) is 0. The Morgan fingerprint density at radius 1 is 0.938 bits per heavy atom. The average molecular weight is 233 g/mol. The van der Waals surface area contributed by atoms with E-state index in [0.29, 0.717) is 5.75 Å². The van der Waals surface area contributed by atoms with Gasteiger partial charge < -0.3 is 4.74 Å². The van der Waals surface area contributed by atoms with Crippen molar-refractivity contribution in [2.45, 2.75) is 0 Å². The number of rotatable bonds is 2. The summed E-state index contributed by atoms with van der Waals surface area (Å²) in [6, 6.07) is 16.9. The summed E-state index contributed by atoms with van der Waals surface area (Å²) < 4.78 is 4.93. The van der Waals surface area contributed by atoms with Gasteiger partial charge in [0, 0.05) is 17.2 Å². The van der Waals surface area contributed by atoms with Crippen LogP contribution in [0, 0.1) is 0 Å². The van der Waals surface area contributed by atoms with E-state index < -0.39 is 5.43 Å². The van der Waals surface area contributed by atoms with Crippen LogP contribution in [0.5, 0.6) is 5.75 Å². The van der Waals surface area contributed by atoms with Crippen LogP contribution in [0.15, 0.2) is 54.6 Å². The van der Waals surface area contributed by atoms with Crippen molar-refractivity contribution in [2.75, 3.05) is 0 Å². The highest BCUT2D eigenvalue weighted by molar-refractivity contribution is 6.61. The topological polar surface area (TPSA) is 26.3 Å². The first kappa shape index (κ1) is 10.7. The van der Waals surface area contributed by atoms with Crippen LogP contribution in [-0.2, 0) is 0 Å². The van der Waals surface area contributed by atoms with Crippen LogP contribution >= 0.6 is 11.6 Å². The first-order valence-corrected chi connectivity index (χ1v) is 5.17. The van der Waals surface area contributed by atoms with Crippen molar-refractivity contribution in [1.29, 1.82) is 0 Å². The summed E-state index contributed by atoms with van der Waals surface area (Å²) in [4.78, 5) is 10.7. The van der Waals surface area contributed by atoms with E-state index in [1.165, 1.54) is 0 Å². The van der Waals surface area contributed by atoms with E-state index in [0.717, 1.165) is 11.1 Å². The van der Waals surface area contributed by atoms with Gasteiger partial charge in [-0.3, -0.25) is 0 Å². The zero-order valence-electron chi connectivity index (χ0n) is 8.39. The first-order chi connectivity index (χ1) is 7.77. The number of carbonyl (C=O) groups excluding carboxylic acids is 1. The predicted molar refractivity (Wildman–Crippen MR) is 63.8 cm³/mol. The summed E-state index contributed by atoms with van der Waals surface area (Å²) in [5.74, 6) is 0.466. The van der Waals surface area contributed by atoms with Gasteiger partial charge in [0.25, 0.3) is 0 Å². The smallest absolute Gasteiger partial charge is 0.409 e. The molecule has 0 radical (unpaired) electrons. The molecule has 0 aliphatic heterocycles. The molecule has 0 aliphatic carbocycles. The maximum absolute atomic E-state index is 10.7. The van der Waals surface area contributed by atoms with E-state index in [1.54, 1.807) is 12.1 Å². The number of para-hydroxylation sites is 1. The van der Waals surface area contributed by atoms with Crippen molar-refractivity contribution in [3.8, 4) is 16.9 Å². The first-order valence-electron chi connectivity index (χ1n) is 4.79. The van der Waals surface area contributed by atoms with Crippen molar-refractivity contribution in [3.63, 3.8) is 0 Å². The molecule has 0 atom stereocenters. The van der Waals surface area contributed by atoms with Gasteiger partial charge in [0.1, 0.15) is 5.75 Å². The number of hydrogen-bond acceptors (Lipinski definition) is 2. The Balaban J connectivity index is 2.44. The van der Waals surface area contributed by atoms with Gasteiger partial charge in [0.05, 0.1) is 0 Å². The molecule has 16 heavy (non-hydrogen) atoms. The van der Waals surface area contributed by atoms with Gasteiger partial charge in [-0.15, -0.1) is 0 Å². The number of ether oxygens (including phenoxy) is 1. The molecule has 0 spiro atoms. The lowest BCUT2D eigenvalue weighted by Gasteiger charge is -2.07. The highest BCUT2D eigenvalue weighted by atomic mass is 35.5. The molecular weight excluding hydrogens is 224 g/mol. The Hall–Kier alpha value is -1.80. The Kier molecular flexibility index (Phi) is 3.22. The molecule has 2 nitrogen and oxygen atoms in total. The summed E-state index contributed by atoms with van der Waals surface area (Å²) in [5.41, 5.74) is 0.997. The molecular formula is C13H9ClO2. The maximum Gasteiger partial charge on any atom is 0.409 e. The second-order valence-electron chi connectivity index (χ2n) is 3.20.